The van der Waals surface area contributed by atoms with Crippen LogP contribution in [-0.4, -0.2) is 14.3 Å². The Kier molecular flexibility index (Phi) is 3.07. The number of nitrogens with zero attached hydrogens (tertiary/aromatic N) is 3. The summed E-state index contributed by atoms with van der Waals surface area (Å²) in [6, 6.07) is 1.92. The molecule has 0 fully saturated rings. The molecule has 0 amide bonds. The molecule has 0 aromatic carbocycles. The molecule has 0 aliphatic rings. The smallest absolute Gasteiger partial charge is 0.174 e. The third kappa shape index (κ3) is 2.09. The molecule has 0 saturated carbocycles. The van der Waals surface area contributed by atoms with Crippen LogP contribution >= 0.6 is 23.3 Å². The van der Waals surface area contributed by atoms with Gasteiger partial charge in [0.15, 0.2) is 4.34 Å². The maximum absolute atomic E-state index is 5.61. The summed E-state index contributed by atoms with van der Waals surface area (Å²) in [4.78, 5) is 9.19. The van der Waals surface area contributed by atoms with E-state index in [0.717, 1.165) is 14.8 Å². The normalized spacial score (nSPS) is 10.4. The van der Waals surface area contributed by atoms with Gasteiger partial charge >= 0.3 is 0 Å². The van der Waals surface area contributed by atoms with Crippen LogP contribution in [0.4, 0.5) is 0 Å². The molecule has 0 saturated heterocycles. The molecule has 2 rings (SSSR count). The lowest BCUT2D eigenvalue weighted by Gasteiger charge is -2.02. The van der Waals surface area contributed by atoms with Gasteiger partial charge in [-0.15, -0.1) is 0 Å². The molecule has 14 heavy (non-hydrogen) atoms. The van der Waals surface area contributed by atoms with Crippen LogP contribution in [-0.2, 0) is 6.54 Å². The summed E-state index contributed by atoms with van der Waals surface area (Å²) in [5.74, 6) is 0. The van der Waals surface area contributed by atoms with Crippen molar-refractivity contribution < 1.29 is 0 Å². The number of hydrogen-bond donors (Lipinski definition) is 1. The van der Waals surface area contributed by atoms with Crippen molar-refractivity contribution in [3.8, 4) is 0 Å². The van der Waals surface area contributed by atoms with Gasteiger partial charge in [0.05, 0.1) is 0 Å². The summed E-state index contributed by atoms with van der Waals surface area (Å²) < 4.78 is 4.84. The third-order valence-electron chi connectivity index (χ3n) is 1.63. The predicted octanol–water partition coefficient (Wildman–Crippen LogP) is 1.54. The quantitative estimate of drug-likeness (QED) is 0.856. The molecule has 2 N–H and O–H groups in total. The molecule has 0 aliphatic heterocycles. The van der Waals surface area contributed by atoms with Crippen molar-refractivity contribution in [3.05, 3.63) is 30.4 Å². The van der Waals surface area contributed by atoms with E-state index in [4.69, 9.17) is 5.73 Å². The number of nitrogens with two attached hydrogens (primary N) is 1. The van der Waals surface area contributed by atoms with Gasteiger partial charge in [-0.1, -0.05) is 11.8 Å². The van der Waals surface area contributed by atoms with Crippen molar-refractivity contribution in [2.45, 2.75) is 15.8 Å². The molecule has 6 heteroatoms. The van der Waals surface area contributed by atoms with E-state index < -0.39 is 0 Å². The van der Waals surface area contributed by atoms with Crippen LogP contribution in [0.25, 0.3) is 0 Å². The van der Waals surface area contributed by atoms with Crippen molar-refractivity contribution in [2.24, 2.45) is 5.73 Å². The molecular weight excluding hydrogens is 216 g/mol. The maximum Gasteiger partial charge on any atom is 0.174 e. The Labute approximate surface area is 89.8 Å². The van der Waals surface area contributed by atoms with Crippen LogP contribution < -0.4 is 5.73 Å². The van der Waals surface area contributed by atoms with Gasteiger partial charge in [-0.25, -0.2) is 4.98 Å². The minimum absolute atomic E-state index is 0.518. The van der Waals surface area contributed by atoms with Crippen LogP contribution in [0, 0.1) is 0 Å². The highest BCUT2D eigenvalue weighted by molar-refractivity contribution is 8.01. The monoisotopic (exact) mass is 224 g/mol. The fourth-order valence-electron chi connectivity index (χ4n) is 0.971. The zero-order valence-corrected chi connectivity index (χ0v) is 8.88. The first kappa shape index (κ1) is 9.57. The molecule has 0 radical (unpaired) electrons. The van der Waals surface area contributed by atoms with Gasteiger partial charge in [-0.2, -0.15) is 4.37 Å². The zero-order chi connectivity index (χ0) is 9.80. The van der Waals surface area contributed by atoms with Crippen LogP contribution in [0.2, 0.25) is 0 Å². The first-order valence-corrected chi connectivity index (χ1v) is 5.56. The Morgan fingerprint density at radius 2 is 2.43 bits per heavy atom. The van der Waals surface area contributed by atoms with E-state index in [2.05, 4.69) is 14.3 Å². The molecule has 2 aromatic rings. The second-order valence-electron chi connectivity index (χ2n) is 2.50. The average molecular weight is 224 g/mol. The maximum atomic E-state index is 5.61. The van der Waals surface area contributed by atoms with E-state index in [1.54, 1.807) is 30.5 Å². The van der Waals surface area contributed by atoms with E-state index in [1.807, 2.05) is 6.07 Å². The van der Waals surface area contributed by atoms with Gasteiger partial charge in [0.1, 0.15) is 6.33 Å². The lowest BCUT2D eigenvalue weighted by atomic mass is 10.3. The molecule has 0 spiro atoms. The van der Waals surface area contributed by atoms with Gasteiger partial charge in [0.2, 0.25) is 0 Å². The van der Waals surface area contributed by atoms with Gasteiger partial charge < -0.3 is 5.73 Å². The topological polar surface area (TPSA) is 64.7 Å². The number of pyridine rings is 1. The van der Waals surface area contributed by atoms with Gasteiger partial charge in [0.25, 0.3) is 0 Å². The molecule has 2 heterocycles. The fraction of sp³-hybridized carbons (Fsp3) is 0.125. The lowest BCUT2D eigenvalue weighted by Crippen LogP contribution is -1.98. The van der Waals surface area contributed by atoms with E-state index in [0.29, 0.717) is 6.54 Å². The molecule has 0 aliphatic carbocycles. The Morgan fingerprint density at radius 3 is 3.14 bits per heavy atom. The third-order valence-corrected chi connectivity index (χ3v) is 3.43. The molecular formula is C8H8N4S2. The summed E-state index contributed by atoms with van der Waals surface area (Å²) in [5.41, 5.74) is 6.69. The molecule has 72 valence electrons. The van der Waals surface area contributed by atoms with E-state index >= 15 is 0 Å². The molecule has 4 nitrogen and oxygen atoms in total. The van der Waals surface area contributed by atoms with Crippen LogP contribution in [0.1, 0.15) is 5.56 Å². The van der Waals surface area contributed by atoms with Crippen LogP contribution in [0.15, 0.2) is 34.0 Å². The van der Waals surface area contributed by atoms with Crippen molar-refractivity contribution in [2.75, 3.05) is 0 Å². The number of aromatic nitrogens is 3. The van der Waals surface area contributed by atoms with Gasteiger partial charge in [0, 0.05) is 23.8 Å². The summed E-state index contributed by atoms with van der Waals surface area (Å²) in [6.45, 7) is 0.518. The van der Waals surface area contributed by atoms with E-state index in [9.17, 15) is 0 Å². The summed E-state index contributed by atoms with van der Waals surface area (Å²) >= 11 is 2.92. The Balaban J connectivity index is 2.24. The highest BCUT2D eigenvalue weighted by atomic mass is 32.2. The minimum atomic E-state index is 0.518. The van der Waals surface area contributed by atoms with Crippen molar-refractivity contribution >= 4 is 23.3 Å². The summed E-state index contributed by atoms with van der Waals surface area (Å²) in [5, 5.41) is 0. The highest BCUT2D eigenvalue weighted by Gasteiger charge is 2.04. The Morgan fingerprint density at radius 1 is 1.50 bits per heavy atom. The first-order valence-electron chi connectivity index (χ1n) is 3.97. The van der Waals surface area contributed by atoms with Crippen LogP contribution in [0.5, 0.6) is 0 Å². The molecule has 2 aromatic heterocycles. The van der Waals surface area contributed by atoms with Crippen LogP contribution in [0.3, 0.4) is 0 Å². The second-order valence-corrected chi connectivity index (χ2v) is 4.57. The lowest BCUT2D eigenvalue weighted by molar-refractivity contribution is 1.00. The SMILES string of the molecule is NCc1ccncc1Sc1ncns1. The van der Waals surface area contributed by atoms with Gasteiger partial charge in [-0.3, -0.25) is 4.98 Å². The molecule has 0 atom stereocenters. The average Bonchev–Trinajstić information content (AvgIpc) is 2.71. The standard InChI is InChI=1S/C8H8N4S2/c9-3-6-1-2-10-4-7(6)13-8-11-5-12-14-8/h1-2,4-5H,3,9H2. The van der Waals surface area contributed by atoms with Gasteiger partial charge in [-0.05, 0) is 23.2 Å². The molecule has 0 unspecified atom stereocenters. The minimum Gasteiger partial charge on any atom is -0.326 e. The molecule has 0 bridgehead atoms. The highest BCUT2D eigenvalue weighted by Crippen LogP contribution is 2.29. The van der Waals surface area contributed by atoms with Crippen molar-refractivity contribution in [1.29, 1.82) is 0 Å². The summed E-state index contributed by atoms with van der Waals surface area (Å²) in [7, 11) is 0. The van der Waals surface area contributed by atoms with E-state index in [1.165, 1.54) is 11.5 Å². The van der Waals surface area contributed by atoms with Crippen molar-refractivity contribution in [1.82, 2.24) is 14.3 Å². The van der Waals surface area contributed by atoms with E-state index in [-0.39, 0.29) is 0 Å². The largest absolute Gasteiger partial charge is 0.326 e. The van der Waals surface area contributed by atoms with Crippen molar-refractivity contribution in [3.63, 3.8) is 0 Å². The Bertz CT molecular complexity index is 401. The summed E-state index contributed by atoms with van der Waals surface area (Å²) in [6.07, 6.45) is 5.09. The zero-order valence-electron chi connectivity index (χ0n) is 7.25. The fourth-order valence-corrected chi connectivity index (χ4v) is 2.48. The second kappa shape index (κ2) is 4.50. The Hall–Kier alpha value is -0.980. The first-order chi connectivity index (χ1) is 6.90. The number of rotatable bonds is 3. The number of hydrogen-bond acceptors (Lipinski definition) is 6. The predicted molar refractivity (Wildman–Crippen MR) is 56.2 cm³/mol.